The van der Waals surface area contributed by atoms with Gasteiger partial charge >= 0.3 is 0 Å². The Morgan fingerprint density at radius 2 is 0.797 bits per heavy atom. The molecule has 79 heavy (non-hydrogen) atoms. The van der Waals surface area contributed by atoms with Gasteiger partial charge in [-0.05, 0) is 38.5 Å². The van der Waals surface area contributed by atoms with E-state index in [1.807, 2.05) is 0 Å². The van der Waals surface area contributed by atoms with Gasteiger partial charge in [-0.1, -0.05) is 199 Å². The van der Waals surface area contributed by atoms with Gasteiger partial charge in [0.05, 0.1) is 38.6 Å². The zero-order valence-electron chi connectivity index (χ0n) is 48.6. The fourth-order valence-electron chi connectivity index (χ4n) is 10.9. The molecule has 0 aromatic rings. The Morgan fingerprint density at radius 3 is 1.25 bits per heavy atom. The van der Waals surface area contributed by atoms with Crippen molar-refractivity contribution < 1.29 is 89.4 Å². The van der Waals surface area contributed by atoms with E-state index < -0.39 is 124 Å². The number of aliphatic hydroxyl groups excluding tert-OH is 11. The normalized spacial score (nSPS) is 30.3. The van der Waals surface area contributed by atoms with Crippen molar-refractivity contribution in [3.05, 3.63) is 12.2 Å². The molecule has 0 aromatic heterocycles. The molecular formula is C60H113NO18. The molecule has 19 nitrogen and oxygen atoms in total. The first-order valence-electron chi connectivity index (χ1n) is 31.4. The van der Waals surface area contributed by atoms with Crippen LogP contribution in [0.1, 0.15) is 232 Å². The maximum atomic E-state index is 13.3. The smallest absolute Gasteiger partial charge is 0.220 e. The number of hydrogen-bond donors (Lipinski definition) is 12. The summed E-state index contributed by atoms with van der Waals surface area (Å²) in [7, 11) is 0. The molecule has 12 N–H and O–H groups in total. The van der Waals surface area contributed by atoms with E-state index in [0.717, 1.165) is 64.2 Å². The van der Waals surface area contributed by atoms with Gasteiger partial charge in [0.25, 0.3) is 0 Å². The lowest BCUT2D eigenvalue weighted by Gasteiger charge is -2.48. The summed E-state index contributed by atoms with van der Waals surface area (Å²) in [5, 5.41) is 120. The van der Waals surface area contributed by atoms with Crippen molar-refractivity contribution >= 4 is 5.91 Å². The van der Waals surface area contributed by atoms with Gasteiger partial charge in [-0.2, -0.15) is 0 Å². The first-order valence-corrected chi connectivity index (χ1v) is 31.4. The van der Waals surface area contributed by atoms with Crippen molar-refractivity contribution in [1.29, 1.82) is 0 Å². The monoisotopic (exact) mass is 1140 g/mol. The van der Waals surface area contributed by atoms with Gasteiger partial charge in [0, 0.05) is 6.42 Å². The third kappa shape index (κ3) is 27.9. The predicted molar refractivity (Wildman–Crippen MR) is 300 cm³/mol. The lowest BCUT2D eigenvalue weighted by molar-refractivity contribution is -0.379. The number of rotatable bonds is 47. The minimum atomic E-state index is -1.97. The first kappa shape index (κ1) is 71.8. The summed E-state index contributed by atoms with van der Waals surface area (Å²) in [4.78, 5) is 13.3. The maximum Gasteiger partial charge on any atom is 0.220 e. The second-order valence-electron chi connectivity index (χ2n) is 22.9. The number of allylic oxidation sites excluding steroid dienone is 2. The highest BCUT2D eigenvalue weighted by molar-refractivity contribution is 5.76. The molecule has 466 valence electrons. The van der Waals surface area contributed by atoms with E-state index in [0.29, 0.717) is 12.8 Å². The number of unbranched alkanes of at least 4 members (excludes halogenated alkanes) is 29. The third-order valence-electron chi connectivity index (χ3n) is 16.1. The SMILES string of the molecule is CCCCC/C=C\CCCCCCCC(=O)NC(COC1OC(CO)C(OC2OC(CO)C(OC3OC(CO)C(O)C(O)C3O)C(O)C2O)C(O)C1O)C(O)CCCCCCCCCCCCCCCCCCCCCCCC. The highest BCUT2D eigenvalue weighted by Gasteiger charge is 2.53. The standard InChI is InChI=1S/C60H113NO18/c1-3-5-7-9-11-13-15-17-18-19-20-21-22-23-24-25-26-27-29-31-33-35-37-44(65)43(61-48(66)38-36-34-32-30-28-16-14-12-10-8-6-4-2)42-74-58-54(72)51(69)56(46(40-63)76-58)79-60-55(73)52(70)57(47(41-64)77-60)78-59-53(71)50(68)49(67)45(39-62)75-59/h12,14,43-47,49-60,62-65,67-73H,3-11,13,15-42H2,1-2H3,(H,61,66)/b14-12-. The van der Waals surface area contributed by atoms with E-state index in [9.17, 15) is 61.0 Å². The second-order valence-corrected chi connectivity index (χ2v) is 22.9. The molecule has 0 aliphatic carbocycles. The molecule has 3 rings (SSSR count). The van der Waals surface area contributed by atoms with Gasteiger partial charge in [0.1, 0.15) is 73.2 Å². The Hall–Kier alpha value is -1.47. The zero-order chi connectivity index (χ0) is 57.6. The van der Waals surface area contributed by atoms with E-state index in [2.05, 4.69) is 31.3 Å². The van der Waals surface area contributed by atoms with Crippen LogP contribution < -0.4 is 5.32 Å². The average Bonchev–Trinajstić information content (AvgIpc) is 3.57. The molecule has 17 atom stereocenters. The Kier molecular flexibility index (Phi) is 40.1. The number of ether oxygens (including phenoxy) is 6. The number of amides is 1. The number of carbonyl (C=O) groups excluding carboxylic acids is 1. The van der Waals surface area contributed by atoms with Crippen LogP contribution in [0, 0.1) is 0 Å². The lowest BCUT2D eigenvalue weighted by atomic mass is 9.96. The minimum Gasteiger partial charge on any atom is -0.394 e. The summed E-state index contributed by atoms with van der Waals surface area (Å²) >= 11 is 0. The van der Waals surface area contributed by atoms with Gasteiger partial charge < -0.3 is 89.9 Å². The molecule has 3 aliphatic heterocycles. The van der Waals surface area contributed by atoms with Gasteiger partial charge in [-0.3, -0.25) is 4.79 Å². The second kappa shape index (κ2) is 44.1. The molecule has 0 aromatic carbocycles. The van der Waals surface area contributed by atoms with Crippen molar-refractivity contribution in [2.45, 2.75) is 336 Å². The van der Waals surface area contributed by atoms with E-state index in [1.165, 1.54) is 135 Å². The van der Waals surface area contributed by atoms with E-state index >= 15 is 0 Å². The molecular weight excluding hydrogens is 1020 g/mol. The van der Waals surface area contributed by atoms with Gasteiger partial charge in [0.15, 0.2) is 18.9 Å². The maximum absolute atomic E-state index is 13.3. The van der Waals surface area contributed by atoms with Crippen molar-refractivity contribution in [3.63, 3.8) is 0 Å². The fraction of sp³-hybridized carbons (Fsp3) is 0.950. The van der Waals surface area contributed by atoms with Crippen LogP contribution in [-0.4, -0.2) is 193 Å². The van der Waals surface area contributed by atoms with Crippen LogP contribution in [0.5, 0.6) is 0 Å². The van der Waals surface area contributed by atoms with Crippen LogP contribution >= 0.6 is 0 Å². The molecule has 0 spiro atoms. The summed E-state index contributed by atoms with van der Waals surface area (Å²) in [6.45, 7) is 1.77. The highest BCUT2D eigenvalue weighted by Crippen LogP contribution is 2.33. The first-order chi connectivity index (χ1) is 38.3. The van der Waals surface area contributed by atoms with Gasteiger partial charge in [-0.15, -0.1) is 0 Å². The quantitative estimate of drug-likeness (QED) is 0.0240. The summed E-state index contributed by atoms with van der Waals surface area (Å²) in [5.41, 5.74) is 0. The zero-order valence-corrected chi connectivity index (χ0v) is 48.6. The lowest BCUT2D eigenvalue weighted by Crippen LogP contribution is -2.66. The van der Waals surface area contributed by atoms with Crippen molar-refractivity contribution in [2.75, 3.05) is 26.4 Å². The number of aliphatic hydroxyl groups is 11. The molecule has 0 radical (unpaired) electrons. The van der Waals surface area contributed by atoms with Crippen molar-refractivity contribution in [1.82, 2.24) is 5.32 Å². The number of carbonyl (C=O) groups is 1. The summed E-state index contributed by atoms with van der Waals surface area (Å²) in [6, 6.07) is -0.887. The van der Waals surface area contributed by atoms with Crippen LogP contribution in [0.3, 0.4) is 0 Å². The molecule has 17 unspecified atom stereocenters. The molecule has 0 bridgehead atoms. The van der Waals surface area contributed by atoms with Crippen LogP contribution in [0.2, 0.25) is 0 Å². The topological polar surface area (TPSA) is 307 Å². The van der Waals surface area contributed by atoms with E-state index in [-0.39, 0.29) is 18.9 Å². The van der Waals surface area contributed by atoms with Gasteiger partial charge in [-0.25, -0.2) is 0 Å². The Labute approximate surface area is 474 Å². The van der Waals surface area contributed by atoms with Crippen LogP contribution in [0.4, 0.5) is 0 Å². The highest BCUT2D eigenvalue weighted by atomic mass is 16.8. The van der Waals surface area contributed by atoms with Crippen LogP contribution in [0.15, 0.2) is 12.2 Å². The Morgan fingerprint density at radius 1 is 0.443 bits per heavy atom. The predicted octanol–water partition coefficient (Wildman–Crippen LogP) is 6.16. The van der Waals surface area contributed by atoms with E-state index in [1.54, 1.807) is 0 Å². The van der Waals surface area contributed by atoms with Crippen LogP contribution in [0.25, 0.3) is 0 Å². The van der Waals surface area contributed by atoms with Gasteiger partial charge in [0.2, 0.25) is 5.91 Å². The number of hydrogen-bond acceptors (Lipinski definition) is 18. The average molecular weight is 1140 g/mol. The fourth-order valence-corrected chi connectivity index (χ4v) is 10.9. The Balaban J connectivity index is 1.46. The molecule has 3 heterocycles. The van der Waals surface area contributed by atoms with Crippen molar-refractivity contribution in [2.24, 2.45) is 0 Å². The number of nitrogens with one attached hydrogen (secondary N) is 1. The molecule has 0 saturated carbocycles. The Bertz CT molecular complexity index is 1500. The largest absolute Gasteiger partial charge is 0.394 e. The third-order valence-corrected chi connectivity index (χ3v) is 16.1. The molecule has 3 fully saturated rings. The minimum absolute atomic E-state index is 0.251. The molecule has 1 amide bonds. The van der Waals surface area contributed by atoms with Crippen LogP contribution in [-0.2, 0) is 33.2 Å². The molecule has 3 saturated heterocycles. The van der Waals surface area contributed by atoms with Crippen molar-refractivity contribution in [3.8, 4) is 0 Å². The summed E-state index contributed by atoms with van der Waals surface area (Å²) in [5.74, 6) is -0.251. The summed E-state index contributed by atoms with van der Waals surface area (Å²) in [6.07, 6.45) is 17.3. The molecule has 3 aliphatic rings. The molecule has 19 heteroatoms. The van der Waals surface area contributed by atoms with E-state index in [4.69, 9.17) is 28.4 Å². The summed E-state index contributed by atoms with van der Waals surface area (Å²) < 4.78 is 34.3.